The van der Waals surface area contributed by atoms with E-state index in [9.17, 15) is 0 Å². The quantitative estimate of drug-likeness (QED) is 0.247. The zero-order valence-corrected chi connectivity index (χ0v) is 23.8. The van der Waals surface area contributed by atoms with Gasteiger partial charge in [-0.2, -0.15) is 5.26 Å². The Kier molecular flexibility index (Phi) is 6.76. The lowest BCUT2D eigenvalue weighted by atomic mass is 10.2. The molecule has 0 unspecified atom stereocenters. The molecule has 4 aromatic heterocycles. The van der Waals surface area contributed by atoms with E-state index in [0.29, 0.717) is 40.8 Å². The first-order valence-electron chi connectivity index (χ1n) is 12.8. The third-order valence-corrected chi connectivity index (χ3v) is 11.8. The minimum Gasteiger partial charge on any atom is -0.413 e. The van der Waals surface area contributed by atoms with Crippen LogP contribution in [0.4, 0.5) is 5.82 Å². The van der Waals surface area contributed by atoms with Crippen molar-refractivity contribution in [2.45, 2.75) is 45.5 Å². The van der Waals surface area contributed by atoms with Gasteiger partial charge in [0, 0.05) is 18.1 Å². The number of rotatable bonds is 6. The summed E-state index contributed by atoms with van der Waals surface area (Å²) in [5.74, 6) is 1.04. The first-order chi connectivity index (χ1) is 18.6. The molecule has 0 aliphatic rings. The van der Waals surface area contributed by atoms with Crippen molar-refractivity contribution in [3.63, 3.8) is 0 Å². The van der Waals surface area contributed by atoms with Crippen molar-refractivity contribution >= 4 is 25.3 Å². The maximum atomic E-state index is 9.13. The zero-order valence-electron chi connectivity index (χ0n) is 22.8. The summed E-state index contributed by atoms with van der Waals surface area (Å²) in [6, 6.07) is 21.4. The van der Waals surface area contributed by atoms with Crippen LogP contribution in [0.25, 0.3) is 39.6 Å². The summed E-state index contributed by atoms with van der Waals surface area (Å²) in [6.45, 7) is 11.8. The van der Waals surface area contributed by atoms with Gasteiger partial charge in [-0.25, -0.2) is 15.0 Å². The molecular formula is C30H31N7OSi. The third-order valence-electron chi connectivity index (χ3n) is 7.34. The van der Waals surface area contributed by atoms with Gasteiger partial charge in [-0.1, -0.05) is 32.9 Å². The molecule has 5 aromatic rings. The van der Waals surface area contributed by atoms with E-state index in [1.165, 1.54) is 0 Å². The number of anilines is 1. The van der Waals surface area contributed by atoms with Gasteiger partial charge in [0.1, 0.15) is 17.4 Å². The van der Waals surface area contributed by atoms with Gasteiger partial charge in [-0.3, -0.25) is 9.55 Å². The van der Waals surface area contributed by atoms with Gasteiger partial charge in [0.15, 0.2) is 19.8 Å². The molecule has 0 amide bonds. The normalized spacial score (nSPS) is 12.0. The minimum absolute atomic E-state index is 0.147. The molecule has 0 aliphatic carbocycles. The van der Waals surface area contributed by atoms with Crippen molar-refractivity contribution in [1.29, 1.82) is 5.26 Å². The number of benzene rings is 1. The lowest BCUT2D eigenvalue weighted by Gasteiger charge is -2.36. The smallest absolute Gasteiger partial charge is 0.192 e. The number of nitrogens with zero attached hydrogens (tertiary/aromatic N) is 6. The van der Waals surface area contributed by atoms with Gasteiger partial charge in [0.25, 0.3) is 0 Å². The summed E-state index contributed by atoms with van der Waals surface area (Å²) >= 11 is 0. The number of nitriles is 1. The van der Waals surface area contributed by atoms with E-state index in [0.717, 1.165) is 22.3 Å². The second-order valence-electron chi connectivity index (χ2n) is 11.0. The molecule has 0 aliphatic heterocycles. The second kappa shape index (κ2) is 10.1. The van der Waals surface area contributed by atoms with Crippen molar-refractivity contribution in [2.24, 2.45) is 0 Å². The molecule has 0 radical (unpaired) electrons. The lowest BCUT2D eigenvalue weighted by molar-refractivity contribution is 0.276. The third kappa shape index (κ3) is 5.17. The van der Waals surface area contributed by atoms with Gasteiger partial charge in [0.05, 0.1) is 29.1 Å². The van der Waals surface area contributed by atoms with Crippen LogP contribution < -0.4 is 5.73 Å². The Hall–Kier alpha value is -4.39. The monoisotopic (exact) mass is 533 g/mol. The summed E-state index contributed by atoms with van der Waals surface area (Å²) in [6.07, 6.45) is 3.21. The summed E-state index contributed by atoms with van der Waals surface area (Å²) in [4.78, 5) is 18.5. The Morgan fingerprint density at radius 1 is 0.949 bits per heavy atom. The fraction of sp³-hybridized carbons (Fsp3) is 0.233. The summed E-state index contributed by atoms with van der Waals surface area (Å²) in [7, 11) is -1.86. The standard InChI is InChI=1S/C30H31N7OSi/c1-30(2,3)39(4,5)38-19-20-8-11-22(12-9-20)37-28(23-7-6-16-33-27(23)32)36-26-15-14-25(35-29(26)37)24-13-10-21(17-31)18-34-24/h6-16,18H,19H2,1-5H3,(H2,32,33). The molecule has 5 rings (SSSR count). The fourth-order valence-corrected chi connectivity index (χ4v) is 4.93. The van der Waals surface area contributed by atoms with Crippen LogP contribution in [0, 0.1) is 11.3 Å². The Morgan fingerprint density at radius 2 is 1.69 bits per heavy atom. The van der Waals surface area contributed by atoms with Crippen molar-refractivity contribution in [1.82, 2.24) is 24.5 Å². The number of aromatic nitrogens is 5. The molecule has 196 valence electrons. The lowest BCUT2D eigenvalue weighted by Crippen LogP contribution is -2.40. The number of hydrogen-bond acceptors (Lipinski definition) is 7. The van der Waals surface area contributed by atoms with Crippen molar-refractivity contribution in [2.75, 3.05) is 5.73 Å². The maximum Gasteiger partial charge on any atom is 0.192 e. The Balaban J connectivity index is 1.59. The van der Waals surface area contributed by atoms with Crippen molar-refractivity contribution in [3.8, 4) is 34.5 Å². The van der Waals surface area contributed by atoms with E-state index in [4.69, 9.17) is 25.4 Å². The van der Waals surface area contributed by atoms with Crippen molar-refractivity contribution in [3.05, 3.63) is 84.2 Å². The molecular weight excluding hydrogens is 502 g/mol. The average Bonchev–Trinajstić information content (AvgIpc) is 3.30. The highest BCUT2D eigenvalue weighted by atomic mass is 28.4. The molecule has 1 aromatic carbocycles. The van der Waals surface area contributed by atoms with Crippen LogP contribution in [0.5, 0.6) is 0 Å². The highest BCUT2D eigenvalue weighted by Crippen LogP contribution is 2.37. The molecule has 0 saturated carbocycles. The van der Waals surface area contributed by atoms with Crippen LogP contribution in [0.1, 0.15) is 31.9 Å². The molecule has 2 N–H and O–H groups in total. The predicted octanol–water partition coefficient (Wildman–Crippen LogP) is 6.52. The van der Waals surface area contributed by atoms with E-state index in [-0.39, 0.29) is 5.04 Å². The van der Waals surface area contributed by atoms with Crippen LogP contribution in [-0.4, -0.2) is 32.8 Å². The molecule has 0 bridgehead atoms. The number of pyridine rings is 3. The molecule has 0 saturated heterocycles. The number of nitrogen functional groups attached to an aromatic ring is 1. The molecule has 8 nitrogen and oxygen atoms in total. The van der Waals surface area contributed by atoms with E-state index in [1.54, 1.807) is 24.5 Å². The second-order valence-corrected chi connectivity index (χ2v) is 15.8. The SMILES string of the molecule is CC(C)(C)[Si](C)(C)OCc1ccc(-n2c(-c3cccnc3N)nc3ccc(-c4ccc(C#N)cn4)nc32)cc1. The summed E-state index contributed by atoms with van der Waals surface area (Å²) in [5, 5.41) is 9.27. The van der Waals surface area contributed by atoms with Gasteiger partial charge < -0.3 is 10.2 Å². The number of fused-ring (bicyclic) bond motifs is 1. The van der Waals surface area contributed by atoms with Gasteiger partial charge in [-0.15, -0.1) is 0 Å². The highest BCUT2D eigenvalue weighted by molar-refractivity contribution is 6.74. The van der Waals surface area contributed by atoms with Gasteiger partial charge in [0.2, 0.25) is 0 Å². The molecule has 0 spiro atoms. The molecule has 0 fully saturated rings. The number of imidazole rings is 1. The number of hydrogen-bond donors (Lipinski definition) is 1. The zero-order chi connectivity index (χ0) is 27.8. The predicted molar refractivity (Wildman–Crippen MR) is 156 cm³/mol. The van der Waals surface area contributed by atoms with Crippen LogP contribution in [0.15, 0.2) is 73.1 Å². The summed E-state index contributed by atoms with van der Waals surface area (Å²) < 4.78 is 8.42. The largest absolute Gasteiger partial charge is 0.413 e. The van der Waals surface area contributed by atoms with Gasteiger partial charge >= 0.3 is 0 Å². The molecule has 0 atom stereocenters. The first-order valence-corrected chi connectivity index (χ1v) is 15.7. The van der Waals surface area contributed by atoms with E-state index in [1.807, 2.05) is 28.8 Å². The minimum atomic E-state index is -1.86. The van der Waals surface area contributed by atoms with E-state index in [2.05, 4.69) is 74.2 Å². The maximum absolute atomic E-state index is 9.13. The number of nitrogens with two attached hydrogens (primary N) is 1. The van der Waals surface area contributed by atoms with Gasteiger partial charge in [-0.05, 0) is 72.2 Å². The molecule has 9 heteroatoms. The molecule has 39 heavy (non-hydrogen) atoms. The summed E-state index contributed by atoms with van der Waals surface area (Å²) in [5.41, 5.74) is 12.2. The highest BCUT2D eigenvalue weighted by Gasteiger charge is 2.37. The average molecular weight is 534 g/mol. The van der Waals surface area contributed by atoms with Crippen LogP contribution in [0.3, 0.4) is 0 Å². The molecule has 4 heterocycles. The van der Waals surface area contributed by atoms with Crippen LogP contribution >= 0.6 is 0 Å². The Morgan fingerprint density at radius 3 is 2.33 bits per heavy atom. The fourth-order valence-electron chi connectivity index (χ4n) is 3.96. The Bertz CT molecular complexity index is 1680. The van der Waals surface area contributed by atoms with E-state index < -0.39 is 8.32 Å². The van der Waals surface area contributed by atoms with Crippen LogP contribution in [0.2, 0.25) is 18.1 Å². The van der Waals surface area contributed by atoms with Crippen molar-refractivity contribution < 1.29 is 4.43 Å². The first kappa shape index (κ1) is 26.2. The Labute approximate surface area is 229 Å². The topological polar surface area (TPSA) is 116 Å². The van der Waals surface area contributed by atoms with E-state index >= 15 is 0 Å². The van der Waals surface area contributed by atoms with Crippen LogP contribution in [-0.2, 0) is 11.0 Å².